The first-order valence-electron chi connectivity index (χ1n) is 9.29. The lowest BCUT2D eigenvalue weighted by Crippen LogP contribution is -2.22. The maximum absolute atomic E-state index is 12.9. The molecule has 0 radical (unpaired) electrons. The van der Waals surface area contributed by atoms with E-state index in [0.29, 0.717) is 27.3 Å². The summed E-state index contributed by atoms with van der Waals surface area (Å²) in [7, 11) is 1.51. The zero-order chi connectivity index (χ0) is 22.0. The number of carbonyl (C=O) groups is 2. The van der Waals surface area contributed by atoms with Crippen molar-refractivity contribution < 1.29 is 18.7 Å². The van der Waals surface area contributed by atoms with E-state index in [-0.39, 0.29) is 22.6 Å². The fraction of sp³-hybridized carbons (Fsp3) is 0.0417. The predicted octanol–water partition coefficient (Wildman–Crippen LogP) is 4.94. The largest absolute Gasteiger partial charge is 0.497 e. The molecule has 0 unspecified atom stereocenters. The van der Waals surface area contributed by atoms with Crippen molar-refractivity contribution in [1.82, 2.24) is 0 Å². The van der Waals surface area contributed by atoms with Crippen LogP contribution < -0.4 is 15.7 Å². The number of ketones is 1. The van der Waals surface area contributed by atoms with Crippen LogP contribution in [0.25, 0.3) is 11.0 Å². The molecule has 0 aliphatic rings. The number of amides is 1. The molecule has 1 N–H and O–H groups in total. The lowest BCUT2D eigenvalue weighted by Gasteiger charge is -2.11. The summed E-state index contributed by atoms with van der Waals surface area (Å²) >= 11 is 6.08. The molecule has 1 amide bonds. The minimum absolute atomic E-state index is 0.200. The van der Waals surface area contributed by atoms with E-state index in [9.17, 15) is 14.4 Å². The van der Waals surface area contributed by atoms with Crippen LogP contribution in [-0.2, 0) is 0 Å². The number of anilines is 1. The second kappa shape index (κ2) is 8.45. The van der Waals surface area contributed by atoms with Gasteiger partial charge >= 0.3 is 5.63 Å². The monoisotopic (exact) mass is 433 g/mol. The van der Waals surface area contributed by atoms with Crippen LogP contribution in [0.2, 0.25) is 5.02 Å². The van der Waals surface area contributed by atoms with Gasteiger partial charge in [0, 0.05) is 21.5 Å². The number of methoxy groups -OCH3 is 1. The van der Waals surface area contributed by atoms with Crippen LogP contribution in [0.1, 0.15) is 26.3 Å². The van der Waals surface area contributed by atoms with Crippen LogP contribution in [-0.4, -0.2) is 18.8 Å². The minimum Gasteiger partial charge on any atom is -0.497 e. The van der Waals surface area contributed by atoms with E-state index in [1.165, 1.54) is 25.3 Å². The Morgan fingerprint density at radius 3 is 2.45 bits per heavy atom. The van der Waals surface area contributed by atoms with Gasteiger partial charge in [0.2, 0.25) is 0 Å². The zero-order valence-electron chi connectivity index (χ0n) is 16.3. The Balaban J connectivity index is 1.71. The van der Waals surface area contributed by atoms with Crippen LogP contribution in [0.4, 0.5) is 5.69 Å². The summed E-state index contributed by atoms with van der Waals surface area (Å²) in [5.41, 5.74) is 0.215. The highest BCUT2D eigenvalue weighted by Gasteiger charge is 2.19. The summed E-state index contributed by atoms with van der Waals surface area (Å²) in [6, 6.07) is 19.5. The Morgan fingerprint density at radius 2 is 1.71 bits per heavy atom. The van der Waals surface area contributed by atoms with Gasteiger partial charge in [0.05, 0.1) is 12.8 Å². The Kier molecular flexibility index (Phi) is 5.56. The van der Waals surface area contributed by atoms with Crippen molar-refractivity contribution in [1.29, 1.82) is 0 Å². The van der Waals surface area contributed by atoms with Gasteiger partial charge in [-0.25, -0.2) is 4.79 Å². The van der Waals surface area contributed by atoms with E-state index in [2.05, 4.69) is 5.32 Å². The minimum atomic E-state index is -0.792. The molecule has 4 aromatic rings. The summed E-state index contributed by atoms with van der Waals surface area (Å²) < 4.78 is 10.4. The van der Waals surface area contributed by atoms with Crippen molar-refractivity contribution in [3.05, 3.63) is 105 Å². The van der Waals surface area contributed by atoms with E-state index in [1.54, 1.807) is 54.6 Å². The van der Waals surface area contributed by atoms with Crippen LogP contribution in [0.15, 0.2) is 82.0 Å². The van der Waals surface area contributed by atoms with Gasteiger partial charge in [-0.05, 0) is 42.5 Å². The molecule has 0 bridgehead atoms. The molecular weight excluding hydrogens is 418 g/mol. The molecule has 6 nitrogen and oxygen atoms in total. The molecule has 0 aliphatic heterocycles. The second-order valence-corrected chi connectivity index (χ2v) is 7.13. The maximum Gasteiger partial charge on any atom is 0.349 e. The van der Waals surface area contributed by atoms with Crippen LogP contribution in [0.3, 0.4) is 0 Å². The molecule has 0 aliphatic carbocycles. The van der Waals surface area contributed by atoms with Crippen molar-refractivity contribution in [3.63, 3.8) is 0 Å². The van der Waals surface area contributed by atoms with E-state index < -0.39 is 11.5 Å². The normalized spacial score (nSPS) is 10.6. The Bertz CT molecular complexity index is 1360. The lowest BCUT2D eigenvalue weighted by molar-refractivity contribution is 0.102. The fourth-order valence-electron chi connectivity index (χ4n) is 3.13. The van der Waals surface area contributed by atoms with Crippen molar-refractivity contribution in [3.8, 4) is 5.75 Å². The van der Waals surface area contributed by atoms with Crippen molar-refractivity contribution >= 4 is 39.9 Å². The molecule has 0 saturated carbocycles. The highest BCUT2D eigenvalue weighted by atomic mass is 35.5. The first kappa shape index (κ1) is 20.4. The number of carbonyl (C=O) groups excluding carboxylic acids is 2. The molecule has 3 aromatic carbocycles. The highest BCUT2D eigenvalue weighted by molar-refractivity contribution is 6.31. The van der Waals surface area contributed by atoms with Crippen molar-refractivity contribution in [2.24, 2.45) is 0 Å². The summed E-state index contributed by atoms with van der Waals surface area (Å²) in [5.74, 6) is -0.460. The number of halogens is 1. The van der Waals surface area contributed by atoms with Gasteiger partial charge in [0.25, 0.3) is 5.91 Å². The third-order valence-electron chi connectivity index (χ3n) is 4.69. The molecule has 1 aromatic heterocycles. The SMILES string of the molecule is COc1ccc2oc(=O)c(C(=O)Nc3ccc(Cl)cc3C(=O)c3ccccc3)cc2c1. The molecule has 0 spiro atoms. The first-order chi connectivity index (χ1) is 15.0. The molecule has 154 valence electrons. The number of fused-ring (bicyclic) bond motifs is 1. The molecule has 31 heavy (non-hydrogen) atoms. The van der Waals surface area contributed by atoms with E-state index >= 15 is 0 Å². The van der Waals surface area contributed by atoms with Crippen molar-refractivity contribution in [2.45, 2.75) is 0 Å². The van der Waals surface area contributed by atoms with E-state index in [4.69, 9.17) is 20.8 Å². The maximum atomic E-state index is 12.9. The van der Waals surface area contributed by atoms with Gasteiger partial charge in [-0.15, -0.1) is 0 Å². The Labute approximate surface area is 182 Å². The standard InChI is InChI=1S/C24H16ClNO5/c1-30-17-8-10-21-15(11-17)12-19(24(29)31-21)23(28)26-20-9-7-16(25)13-18(20)22(27)14-5-3-2-4-6-14/h2-13H,1H3,(H,26,28). The Hall–Kier alpha value is -3.90. The summed E-state index contributed by atoms with van der Waals surface area (Å²) in [5, 5.41) is 3.50. The Morgan fingerprint density at radius 1 is 0.935 bits per heavy atom. The van der Waals surface area contributed by atoms with Gasteiger partial charge in [-0.1, -0.05) is 41.9 Å². The summed E-state index contributed by atoms with van der Waals surface area (Å²) in [6.45, 7) is 0. The fourth-order valence-corrected chi connectivity index (χ4v) is 3.31. The topological polar surface area (TPSA) is 85.6 Å². The van der Waals surface area contributed by atoms with Gasteiger partial charge in [0.15, 0.2) is 5.78 Å². The molecule has 7 heteroatoms. The molecule has 1 heterocycles. The number of benzene rings is 3. The second-order valence-electron chi connectivity index (χ2n) is 6.69. The van der Waals surface area contributed by atoms with Crippen molar-refractivity contribution in [2.75, 3.05) is 12.4 Å². The molecule has 0 saturated heterocycles. The van der Waals surface area contributed by atoms with Gasteiger partial charge in [0.1, 0.15) is 16.9 Å². The van der Waals surface area contributed by atoms with E-state index in [0.717, 1.165) is 0 Å². The third-order valence-corrected chi connectivity index (χ3v) is 4.93. The van der Waals surface area contributed by atoms with Gasteiger partial charge in [-0.2, -0.15) is 0 Å². The average molecular weight is 434 g/mol. The predicted molar refractivity (Wildman–Crippen MR) is 118 cm³/mol. The van der Waals surface area contributed by atoms with Gasteiger partial charge in [-0.3, -0.25) is 9.59 Å². The molecule has 0 atom stereocenters. The third kappa shape index (κ3) is 4.20. The highest BCUT2D eigenvalue weighted by Crippen LogP contribution is 2.25. The number of rotatable bonds is 5. The average Bonchev–Trinajstić information content (AvgIpc) is 2.79. The number of hydrogen-bond acceptors (Lipinski definition) is 5. The number of nitrogens with one attached hydrogen (secondary N) is 1. The van der Waals surface area contributed by atoms with E-state index in [1.807, 2.05) is 0 Å². The molecule has 0 fully saturated rings. The summed E-state index contributed by atoms with van der Waals surface area (Å²) in [6.07, 6.45) is 0. The van der Waals surface area contributed by atoms with Crippen LogP contribution in [0, 0.1) is 0 Å². The van der Waals surface area contributed by atoms with Gasteiger partial charge < -0.3 is 14.5 Å². The van der Waals surface area contributed by atoms with Crippen LogP contribution >= 0.6 is 11.6 Å². The first-order valence-corrected chi connectivity index (χ1v) is 9.66. The quantitative estimate of drug-likeness (QED) is 0.356. The number of hydrogen-bond donors (Lipinski definition) is 1. The van der Waals surface area contributed by atoms with Crippen LogP contribution in [0.5, 0.6) is 5.75 Å². The smallest absolute Gasteiger partial charge is 0.349 e. The molecular formula is C24H16ClNO5. The summed E-state index contributed by atoms with van der Waals surface area (Å²) in [4.78, 5) is 38.2. The lowest BCUT2D eigenvalue weighted by atomic mass is 10.0. The zero-order valence-corrected chi connectivity index (χ0v) is 17.1. The molecule has 4 rings (SSSR count). The number of ether oxygens (including phenoxy) is 1.